The maximum absolute atomic E-state index is 13.7. The van der Waals surface area contributed by atoms with Crippen molar-refractivity contribution >= 4 is 29.6 Å². The van der Waals surface area contributed by atoms with Crippen molar-refractivity contribution in [1.82, 2.24) is 21.3 Å². The number of aliphatic hydroxyl groups excluding tert-OH is 21. The lowest BCUT2D eigenvalue weighted by Crippen LogP contribution is -2.70. The van der Waals surface area contributed by atoms with E-state index in [2.05, 4.69) is 35.1 Å². The van der Waals surface area contributed by atoms with E-state index in [1.807, 2.05) is 0 Å². The minimum atomic E-state index is -3.06. The molecule has 0 bridgehead atoms. The number of unbranched alkanes of at least 4 members (excludes halogenated alkanes) is 25. The van der Waals surface area contributed by atoms with Gasteiger partial charge in [0.15, 0.2) is 37.7 Å². The highest BCUT2D eigenvalue weighted by Gasteiger charge is 2.61. The average Bonchev–Trinajstić information content (AvgIpc) is 0.771. The highest BCUT2D eigenvalue weighted by molar-refractivity contribution is 5.77. The largest absolute Gasteiger partial charge is 0.477 e. The molecular formula is C87H154N4O41. The average molecular weight is 1910 g/mol. The summed E-state index contributed by atoms with van der Waals surface area (Å²) in [5, 5.41) is 257. The van der Waals surface area contributed by atoms with Crippen LogP contribution in [0.1, 0.15) is 221 Å². The van der Waals surface area contributed by atoms with Crippen molar-refractivity contribution < 1.29 is 203 Å². The molecule has 0 spiro atoms. The monoisotopic (exact) mass is 1910 g/mol. The molecule has 0 aromatic heterocycles. The lowest BCUT2D eigenvalue weighted by atomic mass is 9.88. The SMILES string of the molecule is CCCCCCCCCCCCC/C=C/[C@@H](O)[C@H](CO[C@@H]1OC(CO)[C@@H](O[C@@H]2OC(CO[C@@H]3OC(CO)[C@@H](O[C@@H]4OC(CO)[C@H](O)[C@H](O)C4O)[C@H](O)C3NC(C)=O)[C@H](O)[C@H](O[C@@H]3OC(CO)[C@@H](O[C@@H]4OC(CO[C@]5(C(=O)O)CC(O)[C@@H](NC(C)=O)C([C@H](O)[C@H](O)CO)O5)[C@H](O)[C@H](O)C4O)[C@H](O)C3NC(C)=O)C2O)[C@H](O)C1O)NC(=O)CCCCCCCCCCCCCCCCC. The molecule has 0 aromatic rings. The fourth-order valence-corrected chi connectivity index (χ4v) is 17.5. The Hall–Kier alpha value is -4.31. The Bertz CT molecular complexity index is 3300. The smallest absolute Gasteiger partial charge is 0.364 e. The van der Waals surface area contributed by atoms with Gasteiger partial charge in [-0.25, -0.2) is 4.79 Å². The molecule has 26 N–H and O–H groups in total. The maximum atomic E-state index is 13.7. The van der Waals surface area contributed by atoms with Crippen LogP contribution in [0.3, 0.4) is 0 Å². The molecule has 45 heteroatoms. The Labute approximate surface area is 768 Å². The standard InChI is InChI=1S/C87H154N4O41/c1-6-8-10-12-14-16-18-20-21-23-25-27-29-31-33-35-58(103)91-48(49(100)34-32-30-28-26-24-22-19-17-15-13-11-9-7-2)42-119-82-73(115)70(112)77(55(41-96)125-82)130-85-74(116)79(65(107)56(126-85)43-120-80-60(89-46(4)98)66(108)75(53(39-94)123-80)128-83-71(113)68(110)63(105)52(38-93)122-83)131-81-61(90-47(5)99)67(109)76(54(40-95)124-81)129-84-72(114)69(111)64(106)57(127-84)44-121-87(86(117)118)36-50(101)59(88-45(3)97)78(132-87)62(104)51(102)37-92/h32,34,48-57,59-85,92-96,100-102,104-116H,6-31,33,35-44H2,1-5H3,(H,88,97)(H,89,98)(H,90,99)(H,91,103)(H,117,118)/b34-32+/t48-,49+,50?,51+,52?,53?,54?,55?,56?,57?,59+,60?,61?,62+,63-,64-,65-,66+,67+,68-,69-,70+,71?,72?,73?,74?,75+,76+,77+,78?,79-,80+,81-,82+,83-,84-,85-,87+/m0/s1. The second-order valence-electron chi connectivity index (χ2n) is 35.7. The van der Waals surface area contributed by atoms with Crippen molar-refractivity contribution in [2.45, 2.75) is 453 Å². The Kier molecular flexibility index (Phi) is 51.0. The zero-order chi connectivity index (χ0) is 97.1. The fourth-order valence-electron chi connectivity index (χ4n) is 17.5. The van der Waals surface area contributed by atoms with Crippen molar-refractivity contribution in [2.75, 3.05) is 52.9 Å². The van der Waals surface area contributed by atoms with Gasteiger partial charge in [-0.1, -0.05) is 180 Å². The third-order valence-corrected chi connectivity index (χ3v) is 25.2. The Balaban J connectivity index is 1.12. The molecule has 0 radical (unpaired) electrons. The number of carboxylic acids is 1. The van der Waals surface area contributed by atoms with E-state index in [9.17, 15) is 136 Å². The van der Waals surface area contributed by atoms with E-state index in [4.69, 9.17) is 66.3 Å². The van der Waals surface area contributed by atoms with Crippen molar-refractivity contribution in [2.24, 2.45) is 0 Å². The van der Waals surface area contributed by atoms with Crippen molar-refractivity contribution in [3.8, 4) is 0 Å². The minimum Gasteiger partial charge on any atom is -0.477 e. The summed E-state index contributed by atoms with van der Waals surface area (Å²) >= 11 is 0. The zero-order valence-electron chi connectivity index (χ0n) is 76.3. The Morgan fingerprint density at radius 3 is 1.25 bits per heavy atom. The number of aliphatic carboxylic acids is 1. The lowest BCUT2D eigenvalue weighted by molar-refractivity contribution is -0.386. The number of hydrogen-bond acceptors (Lipinski definition) is 40. The predicted molar refractivity (Wildman–Crippen MR) is 455 cm³/mol. The number of nitrogens with one attached hydrogen (secondary N) is 4. The number of hydrogen-bond donors (Lipinski definition) is 26. The van der Waals surface area contributed by atoms with E-state index in [1.165, 1.54) is 102 Å². The zero-order valence-corrected chi connectivity index (χ0v) is 76.3. The first-order valence-electron chi connectivity index (χ1n) is 47.1. The van der Waals surface area contributed by atoms with Crippen LogP contribution in [-0.2, 0) is 90.3 Å². The van der Waals surface area contributed by atoms with Gasteiger partial charge in [-0.05, 0) is 19.3 Å². The van der Waals surface area contributed by atoms with E-state index in [1.54, 1.807) is 6.08 Å². The molecular weight excluding hydrogens is 1760 g/mol. The number of carboxylic acid groups (broad SMARTS) is 1. The summed E-state index contributed by atoms with van der Waals surface area (Å²) in [6, 6.07) is -6.61. The number of amides is 4. The first kappa shape index (κ1) is 115. The van der Waals surface area contributed by atoms with Crippen LogP contribution in [0.5, 0.6) is 0 Å². The van der Waals surface area contributed by atoms with Gasteiger partial charge in [0, 0.05) is 33.6 Å². The van der Waals surface area contributed by atoms with Crippen LogP contribution in [0.25, 0.3) is 0 Å². The van der Waals surface area contributed by atoms with Gasteiger partial charge in [0.1, 0.15) is 165 Å². The highest BCUT2D eigenvalue weighted by atomic mass is 16.8. The van der Waals surface area contributed by atoms with Gasteiger partial charge in [0.2, 0.25) is 23.6 Å². The van der Waals surface area contributed by atoms with Gasteiger partial charge in [-0.3, -0.25) is 19.2 Å². The molecule has 7 rings (SSSR count). The van der Waals surface area contributed by atoms with Crippen molar-refractivity contribution in [1.29, 1.82) is 0 Å². The van der Waals surface area contributed by atoms with Gasteiger partial charge < -0.3 is 200 Å². The molecule has 45 nitrogen and oxygen atoms in total. The molecule has 4 amide bonds. The van der Waals surface area contributed by atoms with Crippen LogP contribution in [0.2, 0.25) is 0 Å². The summed E-state index contributed by atoms with van der Waals surface area (Å²) in [5.74, 6) is -8.13. The lowest BCUT2D eigenvalue weighted by Gasteiger charge is -2.50. The highest BCUT2D eigenvalue weighted by Crippen LogP contribution is 2.40. The molecule has 0 aliphatic carbocycles. The molecule has 768 valence electrons. The molecule has 38 atom stereocenters. The van der Waals surface area contributed by atoms with Crippen LogP contribution in [0.4, 0.5) is 0 Å². The number of aliphatic hydroxyl groups is 21. The predicted octanol–water partition coefficient (Wildman–Crippen LogP) is -5.25. The number of allylic oxidation sites excluding steroid dienone is 1. The minimum absolute atomic E-state index is 0.109. The summed E-state index contributed by atoms with van der Waals surface area (Å²) in [6.07, 6.45) is -35.4. The van der Waals surface area contributed by atoms with E-state index >= 15 is 0 Å². The first-order valence-corrected chi connectivity index (χ1v) is 47.1. The fraction of sp³-hybridized carbons (Fsp3) is 0.920. The second-order valence-corrected chi connectivity index (χ2v) is 35.7. The molecule has 7 fully saturated rings. The molecule has 7 saturated heterocycles. The molecule has 14 unspecified atom stereocenters. The van der Waals surface area contributed by atoms with Gasteiger partial charge >= 0.3 is 5.97 Å². The summed E-state index contributed by atoms with van der Waals surface area (Å²) in [4.78, 5) is 65.2. The van der Waals surface area contributed by atoms with Crippen LogP contribution >= 0.6 is 0 Å². The summed E-state index contributed by atoms with van der Waals surface area (Å²) in [6.45, 7) is -0.810. The van der Waals surface area contributed by atoms with Crippen molar-refractivity contribution in [3.05, 3.63) is 12.2 Å². The molecule has 7 heterocycles. The van der Waals surface area contributed by atoms with Crippen LogP contribution in [-0.4, -0.2) is 427 Å². The maximum Gasteiger partial charge on any atom is 0.364 e. The first-order chi connectivity index (χ1) is 63.0. The van der Waals surface area contributed by atoms with E-state index in [0.29, 0.717) is 12.8 Å². The van der Waals surface area contributed by atoms with E-state index in [-0.39, 0.29) is 6.42 Å². The number of carbonyl (C=O) groups is 5. The van der Waals surface area contributed by atoms with Gasteiger partial charge in [-0.15, -0.1) is 0 Å². The summed E-state index contributed by atoms with van der Waals surface area (Å²) in [5.41, 5.74) is 0. The summed E-state index contributed by atoms with van der Waals surface area (Å²) < 4.78 is 83.5. The number of ether oxygens (including phenoxy) is 14. The second kappa shape index (κ2) is 58.7. The van der Waals surface area contributed by atoms with E-state index in [0.717, 1.165) is 85.0 Å². The van der Waals surface area contributed by atoms with Crippen LogP contribution < -0.4 is 21.3 Å². The number of rotatable bonds is 59. The van der Waals surface area contributed by atoms with Crippen molar-refractivity contribution in [3.63, 3.8) is 0 Å². The van der Waals surface area contributed by atoms with Gasteiger partial charge in [-0.2, -0.15) is 0 Å². The third-order valence-electron chi connectivity index (χ3n) is 25.2. The Morgan fingerprint density at radius 1 is 0.402 bits per heavy atom. The van der Waals surface area contributed by atoms with Gasteiger partial charge in [0.25, 0.3) is 5.79 Å². The quantitative estimate of drug-likeness (QED) is 0.0200. The third kappa shape index (κ3) is 33.5. The summed E-state index contributed by atoms with van der Waals surface area (Å²) in [7, 11) is 0. The molecule has 7 aliphatic rings. The van der Waals surface area contributed by atoms with E-state index < -0.39 is 321 Å². The normalized spacial score (nSPS) is 37.3. The molecule has 132 heavy (non-hydrogen) atoms. The van der Waals surface area contributed by atoms with Gasteiger partial charge in [0.05, 0.1) is 77.1 Å². The van der Waals surface area contributed by atoms with Crippen LogP contribution in [0, 0.1) is 0 Å². The Morgan fingerprint density at radius 2 is 0.788 bits per heavy atom. The molecule has 7 aliphatic heterocycles. The topological polar surface area (TPSA) is 708 Å². The number of carbonyl (C=O) groups excluding carboxylic acids is 4. The molecule has 0 aromatic carbocycles. The molecule has 0 saturated carbocycles. The van der Waals surface area contributed by atoms with Crippen LogP contribution in [0.15, 0.2) is 12.2 Å².